The Morgan fingerprint density at radius 2 is 1.61 bits per heavy atom. The van der Waals surface area contributed by atoms with Gasteiger partial charge < -0.3 is 8.83 Å². The first-order valence-corrected chi connectivity index (χ1v) is 8.54. The monoisotopic (exact) mass is 352 g/mol. The van der Waals surface area contributed by atoms with Crippen LogP contribution in [0.2, 0.25) is 5.15 Å². The Labute approximate surface area is 138 Å². The second-order valence-electron chi connectivity index (χ2n) is 4.75. The third kappa shape index (κ3) is 3.64. The average molecular weight is 353 g/mol. The molecule has 8 heteroatoms. The summed E-state index contributed by atoms with van der Waals surface area (Å²) in [6.45, 7) is 0.164. The van der Waals surface area contributed by atoms with E-state index in [1.54, 1.807) is 24.3 Å². The molecule has 0 aliphatic rings. The van der Waals surface area contributed by atoms with Gasteiger partial charge in [0.15, 0.2) is 0 Å². The number of sulfonamides is 1. The molecule has 6 nitrogen and oxygen atoms in total. The van der Waals surface area contributed by atoms with Gasteiger partial charge in [-0.25, -0.2) is 13.4 Å². The van der Waals surface area contributed by atoms with Crippen LogP contribution in [0.3, 0.4) is 0 Å². The van der Waals surface area contributed by atoms with Gasteiger partial charge in [-0.2, -0.15) is 4.31 Å². The van der Waals surface area contributed by atoms with Gasteiger partial charge in [0.1, 0.15) is 21.6 Å². The summed E-state index contributed by atoms with van der Waals surface area (Å²) in [4.78, 5) is 3.89. The summed E-state index contributed by atoms with van der Waals surface area (Å²) >= 11 is 5.72. The molecule has 3 aromatic heterocycles. The minimum Gasteiger partial charge on any atom is -0.468 e. The quantitative estimate of drug-likeness (QED) is 0.636. The SMILES string of the molecule is O=S(=O)(c1ccc(Cl)nc1)N(Cc1ccco1)Cc1ccco1. The lowest BCUT2D eigenvalue weighted by Gasteiger charge is -2.20. The van der Waals surface area contributed by atoms with Gasteiger partial charge in [-0.05, 0) is 36.4 Å². The molecule has 0 spiro atoms. The highest BCUT2D eigenvalue weighted by atomic mass is 35.5. The molecule has 23 heavy (non-hydrogen) atoms. The predicted octanol–water partition coefficient (Wildman–Crippen LogP) is 3.31. The molecule has 0 aliphatic carbocycles. The van der Waals surface area contributed by atoms with Crippen LogP contribution in [-0.4, -0.2) is 17.7 Å². The van der Waals surface area contributed by atoms with Crippen molar-refractivity contribution in [3.05, 3.63) is 71.8 Å². The summed E-state index contributed by atoms with van der Waals surface area (Å²) in [5.41, 5.74) is 0. The van der Waals surface area contributed by atoms with Gasteiger partial charge in [0.2, 0.25) is 10.0 Å². The maximum absolute atomic E-state index is 12.9. The molecule has 0 N–H and O–H groups in total. The second-order valence-corrected chi connectivity index (χ2v) is 7.07. The minimum atomic E-state index is -3.78. The smallest absolute Gasteiger partial charge is 0.245 e. The molecular formula is C15H13ClN2O4S. The van der Waals surface area contributed by atoms with E-state index in [1.165, 1.54) is 35.2 Å². The normalized spacial score (nSPS) is 11.9. The first-order chi connectivity index (χ1) is 11.1. The third-order valence-electron chi connectivity index (χ3n) is 3.16. The van der Waals surface area contributed by atoms with Crippen LogP contribution in [0.5, 0.6) is 0 Å². The molecule has 0 radical (unpaired) electrons. The van der Waals surface area contributed by atoms with Crippen LogP contribution in [0.25, 0.3) is 0 Å². The summed E-state index contributed by atoms with van der Waals surface area (Å²) < 4.78 is 37.5. The average Bonchev–Trinajstić information content (AvgIpc) is 3.20. The Morgan fingerprint density at radius 3 is 2.04 bits per heavy atom. The number of hydrogen-bond donors (Lipinski definition) is 0. The van der Waals surface area contributed by atoms with E-state index in [0.29, 0.717) is 11.5 Å². The van der Waals surface area contributed by atoms with Crippen molar-refractivity contribution in [2.75, 3.05) is 0 Å². The Hall–Kier alpha value is -2.09. The maximum Gasteiger partial charge on any atom is 0.245 e. The molecule has 3 rings (SSSR count). The highest BCUT2D eigenvalue weighted by Crippen LogP contribution is 2.22. The molecule has 3 aromatic rings. The molecule has 0 amide bonds. The van der Waals surface area contributed by atoms with E-state index in [4.69, 9.17) is 20.4 Å². The number of pyridine rings is 1. The van der Waals surface area contributed by atoms with Crippen molar-refractivity contribution < 1.29 is 17.3 Å². The number of nitrogens with zero attached hydrogens (tertiary/aromatic N) is 2. The number of aromatic nitrogens is 1. The van der Waals surface area contributed by atoms with E-state index in [9.17, 15) is 8.42 Å². The van der Waals surface area contributed by atoms with Gasteiger partial charge in [-0.3, -0.25) is 0 Å². The fourth-order valence-corrected chi connectivity index (χ4v) is 3.47. The van der Waals surface area contributed by atoms with Gasteiger partial charge in [-0.15, -0.1) is 0 Å². The van der Waals surface area contributed by atoms with Gasteiger partial charge in [0.25, 0.3) is 0 Å². The summed E-state index contributed by atoms with van der Waals surface area (Å²) in [6, 6.07) is 9.69. The molecule has 3 heterocycles. The standard InChI is InChI=1S/C15H13ClN2O4S/c16-15-6-5-14(9-17-15)23(19,20)18(10-12-3-1-7-21-12)11-13-4-2-8-22-13/h1-9H,10-11H2. The van der Waals surface area contributed by atoms with Crippen molar-refractivity contribution in [2.45, 2.75) is 18.0 Å². The number of halogens is 1. The van der Waals surface area contributed by atoms with Crippen molar-refractivity contribution in [3.63, 3.8) is 0 Å². The van der Waals surface area contributed by atoms with Crippen molar-refractivity contribution in [3.8, 4) is 0 Å². The zero-order chi connectivity index (χ0) is 16.3. The van der Waals surface area contributed by atoms with Crippen LogP contribution < -0.4 is 0 Å². The molecule has 0 fully saturated rings. The summed E-state index contributed by atoms with van der Waals surface area (Å²) in [5, 5.41) is 0.229. The van der Waals surface area contributed by atoms with Crippen molar-refractivity contribution in [1.82, 2.24) is 9.29 Å². The van der Waals surface area contributed by atoms with E-state index in [0.717, 1.165) is 0 Å². The fourth-order valence-electron chi connectivity index (χ4n) is 2.04. The molecule has 0 aliphatic heterocycles. The van der Waals surface area contributed by atoms with Crippen LogP contribution in [0.15, 0.2) is 68.9 Å². The highest BCUT2D eigenvalue weighted by Gasteiger charge is 2.27. The molecule has 0 bridgehead atoms. The van der Waals surface area contributed by atoms with E-state index in [-0.39, 0.29) is 23.1 Å². The third-order valence-corrected chi connectivity index (χ3v) is 5.16. The van der Waals surface area contributed by atoms with Gasteiger partial charge in [-0.1, -0.05) is 11.6 Å². The fraction of sp³-hybridized carbons (Fsp3) is 0.133. The lowest BCUT2D eigenvalue weighted by molar-refractivity contribution is 0.330. The molecule has 0 aromatic carbocycles. The van der Waals surface area contributed by atoms with Crippen molar-refractivity contribution in [2.24, 2.45) is 0 Å². The van der Waals surface area contributed by atoms with Gasteiger partial charge >= 0.3 is 0 Å². The van der Waals surface area contributed by atoms with Crippen LogP contribution in [-0.2, 0) is 23.1 Å². The first-order valence-electron chi connectivity index (χ1n) is 6.72. The maximum atomic E-state index is 12.9. The molecule has 0 unspecified atom stereocenters. The van der Waals surface area contributed by atoms with E-state index < -0.39 is 10.0 Å². The number of rotatable bonds is 6. The van der Waals surface area contributed by atoms with Crippen LogP contribution in [0, 0.1) is 0 Å². The van der Waals surface area contributed by atoms with Crippen LogP contribution in [0.4, 0.5) is 0 Å². The van der Waals surface area contributed by atoms with Crippen molar-refractivity contribution in [1.29, 1.82) is 0 Å². The second kappa shape index (κ2) is 6.57. The van der Waals surface area contributed by atoms with E-state index >= 15 is 0 Å². The molecule has 0 saturated carbocycles. The highest BCUT2D eigenvalue weighted by molar-refractivity contribution is 7.89. The zero-order valence-electron chi connectivity index (χ0n) is 11.9. The molecular weight excluding hydrogens is 340 g/mol. The lowest BCUT2D eigenvalue weighted by atomic mass is 10.4. The van der Waals surface area contributed by atoms with Gasteiger partial charge in [0, 0.05) is 6.20 Å². The predicted molar refractivity (Wildman–Crippen MR) is 83.1 cm³/mol. The topological polar surface area (TPSA) is 76.6 Å². The summed E-state index contributed by atoms with van der Waals surface area (Å²) in [6.07, 6.45) is 4.22. The zero-order valence-corrected chi connectivity index (χ0v) is 13.5. The Morgan fingerprint density at radius 1 is 1.00 bits per heavy atom. The van der Waals surface area contributed by atoms with Crippen LogP contribution in [0.1, 0.15) is 11.5 Å². The molecule has 0 atom stereocenters. The van der Waals surface area contributed by atoms with Gasteiger partial charge in [0.05, 0.1) is 25.6 Å². The Kier molecular flexibility index (Phi) is 4.51. The number of furan rings is 2. The minimum absolute atomic E-state index is 0.0556. The van der Waals surface area contributed by atoms with Crippen molar-refractivity contribution >= 4 is 21.6 Å². The van der Waals surface area contributed by atoms with E-state index in [1.807, 2.05) is 0 Å². The summed E-state index contributed by atoms with van der Waals surface area (Å²) in [5.74, 6) is 1.06. The number of hydrogen-bond acceptors (Lipinski definition) is 5. The largest absolute Gasteiger partial charge is 0.468 e. The summed E-state index contributed by atoms with van der Waals surface area (Å²) in [7, 11) is -3.78. The molecule has 0 saturated heterocycles. The van der Waals surface area contributed by atoms with E-state index in [2.05, 4.69) is 4.98 Å². The van der Waals surface area contributed by atoms with Crippen LogP contribution >= 0.6 is 11.6 Å². The Balaban J connectivity index is 1.93. The Bertz CT molecular complexity index is 807. The lowest BCUT2D eigenvalue weighted by Crippen LogP contribution is -2.30. The first kappa shape index (κ1) is 15.8. The molecule has 120 valence electrons.